The summed E-state index contributed by atoms with van der Waals surface area (Å²) in [5, 5.41) is 5.13. The molecule has 3 aromatic rings. The van der Waals surface area contributed by atoms with E-state index in [-0.39, 0.29) is 17.2 Å². The number of fused-ring (bicyclic) bond motifs is 1. The molecule has 7 heteroatoms. The van der Waals surface area contributed by atoms with E-state index in [4.69, 9.17) is 4.74 Å². The summed E-state index contributed by atoms with van der Waals surface area (Å²) in [6.45, 7) is 5.53. The molecule has 1 saturated heterocycles. The van der Waals surface area contributed by atoms with Crippen molar-refractivity contribution < 1.29 is 9.53 Å². The van der Waals surface area contributed by atoms with Gasteiger partial charge in [0, 0.05) is 47.5 Å². The lowest BCUT2D eigenvalue weighted by atomic mass is 9.95. The van der Waals surface area contributed by atoms with Crippen LogP contribution in [0.1, 0.15) is 24.5 Å². The number of anilines is 1. The molecule has 2 aromatic heterocycles. The minimum Gasteiger partial charge on any atom is -0.378 e. The molecule has 3 heterocycles. The van der Waals surface area contributed by atoms with Gasteiger partial charge in [-0.1, -0.05) is 19.1 Å². The molecule has 0 bridgehead atoms. The quantitative estimate of drug-likeness (QED) is 0.512. The van der Waals surface area contributed by atoms with Crippen LogP contribution in [-0.4, -0.2) is 48.4 Å². The first kappa shape index (κ1) is 19.6. The van der Waals surface area contributed by atoms with Crippen molar-refractivity contribution in [1.82, 2.24) is 15.4 Å². The fourth-order valence-corrected chi connectivity index (χ4v) is 4.25. The molecule has 31 heavy (non-hydrogen) atoms. The van der Waals surface area contributed by atoms with Crippen molar-refractivity contribution in [1.29, 1.82) is 0 Å². The molecule has 1 aromatic carbocycles. The largest absolute Gasteiger partial charge is 0.378 e. The van der Waals surface area contributed by atoms with Crippen LogP contribution in [0.3, 0.4) is 0 Å². The summed E-state index contributed by atoms with van der Waals surface area (Å²) in [5.74, 6) is -0.117. The van der Waals surface area contributed by atoms with Crippen molar-refractivity contribution in [2.24, 2.45) is 11.0 Å². The Hall–Kier alpha value is -3.32. The van der Waals surface area contributed by atoms with Crippen molar-refractivity contribution in [2.75, 3.05) is 31.2 Å². The van der Waals surface area contributed by atoms with Gasteiger partial charge < -0.3 is 9.64 Å². The minimum absolute atomic E-state index is 0.0473. The first-order chi connectivity index (χ1) is 15.1. The predicted molar refractivity (Wildman–Crippen MR) is 120 cm³/mol. The molecular formula is C24H25N5O2. The van der Waals surface area contributed by atoms with Crippen LogP contribution in [0.15, 0.2) is 60.1 Å². The molecule has 1 saturated carbocycles. The maximum absolute atomic E-state index is 12.6. The van der Waals surface area contributed by atoms with Gasteiger partial charge in [0.15, 0.2) is 0 Å². The Balaban J connectivity index is 1.20. The number of amides is 1. The normalized spacial score (nSPS) is 23.3. The van der Waals surface area contributed by atoms with E-state index in [1.807, 2.05) is 12.1 Å². The molecular weight excluding hydrogens is 390 g/mol. The van der Waals surface area contributed by atoms with Gasteiger partial charge in [0.1, 0.15) is 0 Å². The summed E-state index contributed by atoms with van der Waals surface area (Å²) < 4.78 is 5.43. The van der Waals surface area contributed by atoms with E-state index in [0.717, 1.165) is 49.2 Å². The molecule has 0 radical (unpaired) electrons. The zero-order chi connectivity index (χ0) is 21.3. The number of hydrazone groups is 1. The Morgan fingerprint density at radius 3 is 2.84 bits per heavy atom. The van der Waals surface area contributed by atoms with E-state index in [1.165, 1.54) is 11.3 Å². The number of rotatable bonds is 5. The third-order valence-electron chi connectivity index (χ3n) is 6.35. The van der Waals surface area contributed by atoms with Crippen LogP contribution in [0, 0.1) is 5.92 Å². The van der Waals surface area contributed by atoms with Gasteiger partial charge in [-0.25, -0.2) is 5.43 Å². The van der Waals surface area contributed by atoms with Gasteiger partial charge in [-0.05, 0) is 36.2 Å². The number of hydrogen-bond donors (Lipinski definition) is 1. The second-order valence-corrected chi connectivity index (χ2v) is 8.39. The summed E-state index contributed by atoms with van der Waals surface area (Å²) in [5.41, 5.74) is 6.62. The number of benzene rings is 1. The number of carbonyl (C=O) groups is 1. The molecule has 1 N–H and O–H groups in total. The molecule has 2 aliphatic rings. The zero-order valence-corrected chi connectivity index (χ0v) is 17.5. The van der Waals surface area contributed by atoms with Gasteiger partial charge in [0.25, 0.3) is 0 Å². The van der Waals surface area contributed by atoms with E-state index < -0.39 is 0 Å². The van der Waals surface area contributed by atoms with Crippen LogP contribution < -0.4 is 10.3 Å². The highest BCUT2D eigenvalue weighted by Crippen LogP contribution is 2.54. The van der Waals surface area contributed by atoms with Crippen molar-refractivity contribution in [3.63, 3.8) is 0 Å². The molecule has 2 unspecified atom stereocenters. The summed E-state index contributed by atoms with van der Waals surface area (Å²) in [6.07, 6.45) is 7.63. The molecule has 1 aliphatic heterocycles. The highest BCUT2D eigenvalue weighted by Gasteiger charge is 2.55. The Morgan fingerprint density at radius 1 is 1.23 bits per heavy atom. The van der Waals surface area contributed by atoms with Crippen LogP contribution in [0.5, 0.6) is 0 Å². The number of ether oxygens (including phenoxy) is 1. The number of carbonyl (C=O) groups excluding carboxylic acids is 1. The van der Waals surface area contributed by atoms with Crippen molar-refractivity contribution in [3.8, 4) is 0 Å². The number of nitrogens with zero attached hydrogens (tertiary/aromatic N) is 4. The third kappa shape index (κ3) is 4.01. The van der Waals surface area contributed by atoms with Gasteiger partial charge in [0.2, 0.25) is 5.91 Å². The van der Waals surface area contributed by atoms with Crippen LogP contribution in [0.2, 0.25) is 0 Å². The Labute approximate surface area is 181 Å². The standard InChI is InChI=1S/C24H25N5O2/c1-24(19-2-4-20(5-3-19)29-8-10-31-11-9-29)13-21(24)23(30)28-27-15-17-12-18-6-7-25-16-22(18)26-14-17/h2-7,12,14-16,21H,8-11,13H2,1H3,(H,28,30)/b27-15+. The number of aromatic nitrogens is 2. The molecule has 158 valence electrons. The number of pyridine rings is 2. The lowest BCUT2D eigenvalue weighted by Crippen LogP contribution is -2.36. The molecule has 0 spiro atoms. The lowest BCUT2D eigenvalue weighted by molar-refractivity contribution is -0.122. The second-order valence-electron chi connectivity index (χ2n) is 8.39. The Kier molecular flexibility index (Phi) is 5.11. The summed E-state index contributed by atoms with van der Waals surface area (Å²) in [6, 6.07) is 12.5. The molecule has 7 nitrogen and oxygen atoms in total. The van der Waals surface area contributed by atoms with Gasteiger partial charge in [-0.3, -0.25) is 14.8 Å². The highest BCUT2D eigenvalue weighted by atomic mass is 16.5. The molecule has 1 amide bonds. The summed E-state index contributed by atoms with van der Waals surface area (Å²) in [7, 11) is 0. The van der Waals surface area contributed by atoms with Crippen molar-refractivity contribution in [3.05, 3.63) is 66.1 Å². The van der Waals surface area contributed by atoms with Gasteiger partial charge in [-0.15, -0.1) is 0 Å². The SMILES string of the molecule is CC1(c2ccc(N3CCOCC3)cc2)CC1C(=O)N/N=C/c1cnc2cnccc2c1. The monoisotopic (exact) mass is 415 g/mol. The Bertz CT molecular complexity index is 1120. The minimum atomic E-state index is -0.138. The number of morpholine rings is 1. The lowest BCUT2D eigenvalue weighted by Gasteiger charge is -2.29. The van der Waals surface area contributed by atoms with Gasteiger partial charge in [0.05, 0.1) is 37.1 Å². The van der Waals surface area contributed by atoms with Gasteiger partial charge >= 0.3 is 0 Å². The topological polar surface area (TPSA) is 79.7 Å². The fraction of sp³-hybridized carbons (Fsp3) is 0.333. The average Bonchev–Trinajstić information content (AvgIpc) is 3.52. The Morgan fingerprint density at radius 2 is 2.03 bits per heavy atom. The molecule has 2 fully saturated rings. The van der Waals surface area contributed by atoms with Crippen molar-refractivity contribution >= 4 is 28.7 Å². The van der Waals surface area contributed by atoms with Crippen molar-refractivity contribution in [2.45, 2.75) is 18.8 Å². The smallest absolute Gasteiger partial charge is 0.244 e. The number of hydrogen-bond acceptors (Lipinski definition) is 6. The second kappa shape index (κ2) is 8.07. The van der Waals surface area contributed by atoms with E-state index >= 15 is 0 Å². The maximum Gasteiger partial charge on any atom is 0.244 e. The van der Waals surface area contributed by atoms with E-state index in [9.17, 15) is 4.79 Å². The third-order valence-corrected chi connectivity index (χ3v) is 6.35. The molecule has 2 atom stereocenters. The fourth-order valence-electron chi connectivity index (χ4n) is 4.25. The first-order valence-corrected chi connectivity index (χ1v) is 10.6. The van der Waals surface area contributed by atoms with E-state index in [1.54, 1.807) is 24.8 Å². The molecule has 5 rings (SSSR count). The van der Waals surface area contributed by atoms with Crippen LogP contribution in [0.25, 0.3) is 10.9 Å². The van der Waals surface area contributed by atoms with E-state index in [0.29, 0.717) is 0 Å². The van der Waals surface area contributed by atoms with Crippen LogP contribution in [0.4, 0.5) is 5.69 Å². The summed E-state index contributed by atoms with van der Waals surface area (Å²) in [4.78, 5) is 23.4. The van der Waals surface area contributed by atoms with E-state index in [2.05, 4.69) is 56.6 Å². The molecule has 1 aliphatic carbocycles. The maximum atomic E-state index is 12.6. The predicted octanol–water partition coefficient (Wildman–Crippen LogP) is 2.89. The highest BCUT2D eigenvalue weighted by molar-refractivity contribution is 5.89. The summed E-state index contributed by atoms with van der Waals surface area (Å²) >= 11 is 0. The van der Waals surface area contributed by atoms with Crippen LogP contribution in [-0.2, 0) is 14.9 Å². The zero-order valence-electron chi connectivity index (χ0n) is 17.5. The average molecular weight is 415 g/mol. The first-order valence-electron chi connectivity index (χ1n) is 10.6. The number of nitrogens with one attached hydrogen (secondary N) is 1. The van der Waals surface area contributed by atoms with Gasteiger partial charge in [-0.2, -0.15) is 5.10 Å². The van der Waals surface area contributed by atoms with Crippen LogP contribution >= 0.6 is 0 Å².